The quantitative estimate of drug-likeness (QED) is 0.600. The monoisotopic (exact) mass is 180 g/mol. The summed E-state index contributed by atoms with van der Waals surface area (Å²) in [5, 5.41) is 0. The lowest BCUT2D eigenvalue weighted by Gasteiger charge is -2.60. The standard InChI is InChI=1S/C13H24/c1-9(2)7-10-5-6-11-8-12(10)13(11,3)4/h9-12H,5-8H2,1-4H3. The van der Waals surface area contributed by atoms with Gasteiger partial charge in [0.25, 0.3) is 0 Å². The van der Waals surface area contributed by atoms with E-state index in [0.29, 0.717) is 5.41 Å². The highest BCUT2D eigenvalue weighted by molar-refractivity contribution is 5.03. The van der Waals surface area contributed by atoms with E-state index in [0.717, 1.165) is 23.7 Å². The Morgan fingerprint density at radius 1 is 1.23 bits per heavy atom. The van der Waals surface area contributed by atoms with Crippen molar-refractivity contribution >= 4 is 0 Å². The maximum absolute atomic E-state index is 2.50. The Morgan fingerprint density at radius 3 is 2.38 bits per heavy atom. The van der Waals surface area contributed by atoms with Crippen LogP contribution in [0.4, 0.5) is 0 Å². The van der Waals surface area contributed by atoms with Crippen molar-refractivity contribution in [1.29, 1.82) is 0 Å². The topological polar surface area (TPSA) is 0 Å². The molecule has 2 bridgehead atoms. The molecule has 0 spiro atoms. The molecule has 3 saturated carbocycles. The van der Waals surface area contributed by atoms with Crippen LogP contribution in [0.15, 0.2) is 0 Å². The van der Waals surface area contributed by atoms with E-state index in [4.69, 9.17) is 0 Å². The molecule has 3 unspecified atom stereocenters. The minimum absolute atomic E-state index is 0.692. The summed E-state index contributed by atoms with van der Waals surface area (Å²) >= 11 is 0. The predicted octanol–water partition coefficient (Wildman–Crippen LogP) is 4.10. The molecule has 0 saturated heterocycles. The van der Waals surface area contributed by atoms with Crippen LogP contribution in [-0.2, 0) is 0 Å². The molecular formula is C13H24. The van der Waals surface area contributed by atoms with Gasteiger partial charge >= 0.3 is 0 Å². The molecule has 3 aliphatic carbocycles. The zero-order valence-corrected chi connectivity index (χ0v) is 9.64. The first-order valence-corrected chi connectivity index (χ1v) is 6.01. The molecule has 0 aromatic carbocycles. The fraction of sp³-hybridized carbons (Fsp3) is 1.00. The van der Waals surface area contributed by atoms with Crippen LogP contribution in [0.2, 0.25) is 0 Å². The largest absolute Gasteiger partial charge is 0.0628 e. The van der Waals surface area contributed by atoms with Gasteiger partial charge < -0.3 is 0 Å². The smallest absolute Gasteiger partial charge is 0.0295 e. The third kappa shape index (κ3) is 1.43. The van der Waals surface area contributed by atoms with Gasteiger partial charge in [0, 0.05) is 0 Å². The highest BCUT2D eigenvalue weighted by Gasteiger charge is 2.53. The average Bonchev–Trinajstić information content (AvgIpc) is 2.03. The molecule has 3 rings (SSSR count). The van der Waals surface area contributed by atoms with Gasteiger partial charge in [-0.05, 0) is 54.8 Å². The van der Waals surface area contributed by atoms with E-state index in [2.05, 4.69) is 27.7 Å². The highest BCUT2D eigenvalue weighted by atomic mass is 14.6. The Bertz CT molecular complexity index is 188. The van der Waals surface area contributed by atoms with Crippen molar-refractivity contribution in [3.8, 4) is 0 Å². The summed E-state index contributed by atoms with van der Waals surface area (Å²) in [4.78, 5) is 0. The normalized spacial score (nSPS) is 41.8. The summed E-state index contributed by atoms with van der Waals surface area (Å²) in [7, 11) is 0. The minimum Gasteiger partial charge on any atom is -0.0628 e. The fourth-order valence-electron chi connectivity index (χ4n) is 3.85. The van der Waals surface area contributed by atoms with E-state index in [1.807, 2.05) is 0 Å². The van der Waals surface area contributed by atoms with Crippen LogP contribution in [-0.4, -0.2) is 0 Å². The van der Waals surface area contributed by atoms with Crippen molar-refractivity contribution in [1.82, 2.24) is 0 Å². The van der Waals surface area contributed by atoms with Gasteiger partial charge in [0.1, 0.15) is 0 Å². The molecule has 0 aliphatic heterocycles. The second-order valence-electron chi connectivity index (χ2n) is 6.33. The molecule has 0 amide bonds. The van der Waals surface area contributed by atoms with Crippen molar-refractivity contribution in [2.75, 3.05) is 0 Å². The third-order valence-electron chi connectivity index (χ3n) is 4.78. The van der Waals surface area contributed by atoms with Gasteiger partial charge in [-0.3, -0.25) is 0 Å². The van der Waals surface area contributed by atoms with Crippen molar-refractivity contribution in [3.63, 3.8) is 0 Å². The van der Waals surface area contributed by atoms with Gasteiger partial charge in [-0.1, -0.05) is 27.7 Å². The van der Waals surface area contributed by atoms with Crippen LogP contribution in [0.1, 0.15) is 53.4 Å². The van der Waals surface area contributed by atoms with E-state index in [9.17, 15) is 0 Å². The second kappa shape index (κ2) is 3.00. The molecular weight excluding hydrogens is 156 g/mol. The second-order valence-corrected chi connectivity index (χ2v) is 6.33. The van der Waals surface area contributed by atoms with Crippen LogP contribution in [0.5, 0.6) is 0 Å². The Kier molecular flexibility index (Phi) is 2.20. The number of rotatable bonds is 2. The van der Waals surface area contributed by atoms with Gasteiger partial charge in [0.2, 0.25) is 0 Å². The Balaban J connectivity index is 1.99. The number of hydrogen-bond acceptors (Lipinski definition) is 0. The van der Waals surface area contributed by atoms with E-state index < -0.39 is 0 Å². The van der Waals surface area contributed by atoms with E-state index in [1.54, 1.807) is 6.42 Å². The molecule has 3 aliphatic rings. The summed E-state index contributed by atoms with van der Waals surface area (Å²) in [6.07, 6.45) is 6.06. The third-order valence-corrected chi connectivity index (χ3v) is 4.78. The molecule has 0 radical (unpaired) electrons. The Hall–Kier alpha value is 0. The van der Waals surface area contributed by atoms with Crippen LogP contribution in [0.3, 0.4) is 0 Å². The van der Waals surface area contributed by atoms with E-state index >= 15 is 0 Å². The molecule has 3 atom stereocenters. The number of hydrogen-bond donors (Lipinski definition) is 0. The summed E-state index contributed by atoms with van der Waals surface area (Å²) < 4.78 is 0. The van der Waals surface area contributed by atoms with Crippen molar-refractivity contribution in [2.45, 2.75) is 53.4 Å². The van der Waals surface area contributed by atoms with Crippen molar-refractivity contribution in [2.24, 2.45) is 29.1 Å². The zero-order chi connectivity index (χ0) is 9.64. The van der Waals surface area contributed by atoms with Gasteiger partial charge in [-0.2, -0.15) is 0 Å². The maximum atomic E-state index is 2.50. The average molecular weight is 180 g/mol. The molecule has 76 valence electrons. The van der Waals surface area contributed by atoms with Crippen LogP contribution in [0.25, 0.3) is 0 Å². The molecule has 0 heteroatoms. The van der Waals surface area contributed by atoms with Gasteiger partial charge in [0.15, 0.2) is 0 Å². The fourth-order valence-corrected chi connectivity index (χ4v) is 3.85. The predicted molar refractivity (Wildman–Crippen MR) is 57.6 cm³/mol. The molecule has 13 heavy (non-hydrogen) atoms. The molecule has 0 aromatic rings. The lowest BCUT2D eigenvalue weighted by molar-refractivity contribution is -0.109. The first kappa shape index (κ1) is 9.55. The first-order valence-electron chi connectivity index (χ1n) is 6.01. The summed E-state index contributed by atoms with van der Waals surface area (Å²) in [6, 6.07) is 0. The summed E-state index contributed by atoms with van der Waals surface area (Å²) in [5.41, 5.74) is 0.692. The lowest BCUT2D eigenvalue weighted by Crippen LogP contribution is -2.52. The van der Waals surface area contributed by atoms with Crippen LogP contribution in [0, 0.1) is 29.1 Å². The minimum atomic E-state index is 0.692. The van der Waals surface area contributed by atoms with E-state index in [1.165, 1.54) is 19.3 Å². The van der Waals surface area contributed by atoms with Crippen LogP contribution >= 0.6 is 0 Å². The SMILES string of the molecule is CC(C)CC1CCC2CC1C2(C)C. The lowest BCUT2D eigenvalue weighted by atomic mass is 9.45. The highest BCUT2D eigenvalue weighted by Crippen LogP contribution is 2.62. The zero-order valence-electron chi connectivity index (χ0n) is 9.64. The van der Waals surface area contributed by atoms with Gasteiger partial charge in [-0.25, -0.2) is 0 Å². The molecule has 3 fully saturated rings. The summed E-state index contributed by atoms with van der Waals surface area (Å²) in [5.74, 6) is 4.09. The molecule has 0 heterocycles. The first-order chi connectivity index (χ1) is 6.01. The Morgan fingerprint density at radius 2 is 1.92 bits per heavy atom. The molecule has 0 nitrogen and oxygen atoms in total. The summed E-state index contributed by atoms with van der Waals surface area (Å²) in [6.45, 7) is 9.74. The molecule has 0 aromatic heterocycles. The maximum Gasteiger partial charge on any atom is -0.0295 e. The molecule has 0 N–H and O–H groups in total. The van der Waals surface area contributed by atoms with Gasteiger partial charge in [0.05, 0.1) is 0 Å². The van der Waals surface area contributed by atoms with E-state index in [-0.39, 0.29) is 0 Å². The number of fused-ring (bicyclic) bond motifs is 2. The van der Waals surface area contributed by atoms with Crippen molar-refractivity contribution < 1.29 is 0 Å². The Labute approximate surface area is 83.1 Å². The van der Waals surface area contributed by atoms with Crippen molar-refractivity contribution in [3.05, 3.63) is 0 Å². The van der Waals surface area contributed by atoms with Gasteiger partial charge in [-0.15, -0.1) is 0 Å². The van der Waals surface area contributed by atoms with Crippen LogP contribution < -0.4 is 0 Å².